The van der Waals surface area contributed by atoms with E-state index in [1.165, 1.54) is 41.2 Å². The number of aryl methyl sites for hydroxylation is 1. The molecule has 0 bridgehead atoms. The number of hydrogen-bond donors (Lipinski definition) is 0. The van der Waals surface area contributed by atoms with Crippen molar-refractivity contribution >= 4 is 12.0 Å². The van der Waals surface area contributed by atoms with Crippen LogP contribution in [0.3, 0.4) is 0 Å². The van der Waals surface area contributed by atoms with Gasteiger partial charge >= 0.3 is 5.97 Å². The van der Waals surface area contributed by atoms with Crippen molar-refractivity contribution in [1.29, 1.82) is 0 Å². The van der Waals surface area contributed by atoms with E-state index in [-0.39, 0.29) is 16.8 Å². The van der Waals surface area contributed by atoms with Crippen LogP contribution in [0.4, 0.5) is 0 Å². The Kier molecular flexibility index (Phi) is 6.12. The van der Waals surface area contributed by atoms with Crippen molar-refractivity contribution in [2.75, 3.05) is 13.7 Å². The summed E-state index contributed by atoms with van der Waals surface area (Å²) >= 11 is 0. The molecule has 0 radical (unpaired) electrons. The molecule has 0 saturated carbocycles. The Labute approximate surface area is 181 Å². The number of methoxy groups -OCH3 is 1. The van der Waals surface area contributed by atoms with Gasteiger partial charge in [-0.3, -0.25) is 0 Å². The van der Waals surface area contributed by atoms with Crippen molar-refractivity contribution in [2.45, 2.75) is 65.2 Å². The number of benzene rings is 2. The summed E-state index contributed by atoms with van der Waals surface area (Å²) < 4.78 is 10.7. The number of carbonyl (C=O) groups is 1. The fourth-order valence-electron chi connectivity index (χ4n) is 4.41. The second-order valence-corrected chi connectivity index (χ2v) is 9.53. The van der Waals surface area contributed by atoms with Gasteiger partial charge < -0.3 is 9.47 Å². The van der Waals surface area contributed by atoms with Crippen LogP contribution >= 0.6 is 0 Å². The smallest absolute Gasteiger partial charge is 0.330 e. The highest BCUT2D eigenvalue weighted by Crippen LogP contribution is 2.48. The fraction of sp³-hybridized carbons (Fsp3) is 0.444. The zero-order chi connectivity index (χ0) is 22.1. The number of fused-ring (bicyclic) bond motifs is 1. The topological polar surface area (TPSA) is 35.5 Å². The van der Waals surface area contributed by atoms with Crippen LogP contribution in [0, 0.1) is 6.92 Å². The molecule has 0 unspecified atom stereocenters. The van der Waals surface area contributed by atoms with E-state index < -0.39 is 0 Å². The lowest BCUT2D eigenvalue weighted by atomic mass is 9.62. The molecule has 0 saturated heterocycles. The van der Waals surface area contributed by atoms with Crippen LogP contribution in [-0.2, 0) is 20.4 Å². The zero-order valence-corrected chi connectivity index (χ0v) is 19.4. The van der Waals surface area contributed by atoms with Crippen molar-refractivity contribution in [3.8, 4) is 16.9 Å². The van der Waals surface area contributed by atoms with Crippen LogP contribution in [0.1, 0.15) is 69.7 Å². The summed E-state index contributed by atoms with van der Waals surface area (Å²) in [5.41, 5.74) is 7.61. The summed E-state index contributed by atoms with van der Waals surface area (Å²) in [5.74, 6) is 0.503. The molecule has 3 nitrogen and oxygen atoms in total. The van der Waals surface area contributed by atoms with E-state index >= 15 is 0 Å². The minimum absolute atomic E-state index is 0.141. The molecule has 3 heteroatoms. The third kappa shape index (κ3) is 4.30. The first-order chi connectivity index (χ1) is 14.1. The Morgan fingerprint density at radius 3 is 2.23 bits per heavy atom. The van der Waals surface area contributed by atoms with Gasteiger partial charge in [-0.15, -0.1) is 0 Å². The van der Waals surface area contributed by atoms with E-state index in [1.54, 1.807) is 20.1 Å². The standard InChI is InChI=1S/C27H34O3/c1-8-30-25(28)12-10-19-9-11-24(29-7)21(16-19)20-17-23-22(15-18(20)2)26(3,4)13-14-27(23,5)6/h9-12,15-17H,8,13-14H2,1-7H3/b12-10+. The molecule has 0 amide bonds. The van der Waals surface area contributed by atoms with Gasteiger partial charge in [-0.25, -0.2) is 4.79 Å². The third-order valence-electron chi connectivity index (χ3n) is 6.41. The first-order valence-electron chi connectivity index (χ1n) is 10.8. The van der Waals surface area contributed by atoms with Gasteiger partial charge in [0.05, 0.1) is 13.7 Å². The van der Waals surface area contributed by atoms with Gasteiger partial charge in [-0.2, -0.15) is 0 Å². The minimum atomic E-state index is -0.330. The van der Waals surface area contributed by atoms with Gasteiger partial charge in [-0.1, -0.05) is 39.8 Å². The zero-order valence-electron chi connectivity index (χ0n) is 19.4. The van der Waals surface area contributed by atoms with E-state index in [9.17, 15) is 4.79 Å². The van der Waals surface area contributed by atoms with E-state index in [1.807, 2.05) is 12.1 Å². The Bertz CT molecular complexity index is 980. The van der Waals surface area contributed by atoms with E-state index in [0.29, 0.717) is 6.61 Å². The number of hydrogen-bond acceptors (Lipinski definition) is 3. The fourth-order valence-corrected chi connectivity index (χ4v) is 4.41. The molecule has 1 aliphatic carbocycles. The molecule has 0 heterocycles. The highest BCUT2D eigenvalue weighted by atomic mass is 16.5. The van der Waals surface area contributed by atoms with Gasteiger partial charge in [0.25, 0.3) is 0 Å². The van der Waals surface area contributed by atoms with Crippen molar-refractivity contribution in [3.05, 3.63) is 58.7 Å². The maximum atomic E-state index is 11.7. The van der Waals surface area contributed by atoms with Gasteiger partial charge in [0.2, 0.25) is 0 Å². The molecule has 2 aromatic rings. The molecule has 0 aromatic heterocycles. The Morgan fingerprint density at radius 1 is 1.00 bits per heavy atom. The summed E-state index contributed by atoms with van der Waals surface area (Å²) in [5, 5.41) is 0. The molecule has 0 fully saturated rings. The van der Waals surface area contributed by atoms with Crippen LogP contribution in [0.5, 0.6) is 5.75 Å². The second kappa shape index (κ2) is 8.29. The average molecular weight is 407 g/mol. The summed E-state index contributed by atoms with van der Waals surface area (Å²) in [6.07, 6.45) is 5.64. The predicted molar refractivity (Wildman–Crippen MR) is 124 cm³/mol. The van der Waals surface area contributed by atoms with Crippen LogP contribution in [0.15, 0.2) is 36.4 Å². The van der Waals surface area contributed by atoms with E-state index in [2.05, 4.69) is 52.8 Å². The highest BCUT2D eigenvalue weighted by Gasteiger charge is 2.37. The normalized spacial score (nSPS) is 16.9. The van der Waals surface area contributed by atoms with Crippen LogP contribution in [-0.4, -0.2) is 19.7 Å². The van der Waals surface area contributed by atoms with Crippen molar-refractivity contribution in [1.82, 2.24) is 0 Å². The van der Waals surface area contributed by atoms with Crippen LogP contribution in [0.25, 0.3) is 17.2 Å². The predicted octanol–water partition coefficient (Wildman–Crippen LogP) is 6.60. The first-order valence-corrected chi connectivity index (χ1v) is 10.8. The number of esters is 1. The summed E-state index contributed by atoms with van der Waals surface area (Å²) in [6.45, 7) is 13.7. The molecule has 0 spiro atoms. The van der Waals surface area contributed by atoms with Gasteiger partial charge in [-0.05, 0) is 89.6 Å². The highest BCUT2D eigenvalue weighted by molar-refractivity contribution is 5.88. The van der Waals surface area contributed by atoms with Gasteiger partial charge in [0, 0.05) is 11.6 Å². The number of ether oxygens (including phenoxy) is 2. The van der Waals surface area contributed by atoms with Crippen LogP contribution < -0.4 is 4.74 Å². The SMILES string of the molecule is CCOC(=O)/C=C/c1ccc(OC)c(-c2cc3c(cc2C)C(C)(C)CCC3(C)C)c1. The van der Waals surface area contributed by atoms with Crippen molar-refractivity contribution in [3.63, 3.8) is 0 Å². The Balaban J connectivity index is 2.13. The minimum Gasteiger partial charge on any atom is -0.496 e. The Hall–Kier alpha value is -2.55. The summed E-state index contributed by atoms with van der Waals surface area (Å²) in [7, 11) is 1.70. The number of carbonyl (C=O) groups excluding carboxylic acids is 1. The van der Waals surface area contributed by atoms with Gasteiger partial charge in [0.1, 0.15) is 5.75 Å². The molecule has 0 N–H and O–H groups in total. The van der Waals surface area contributed by atoms with Gasteiger partial charge in [0.15, 0.2) is 0 Å². The molecule has 3 rings (SSSR count). The van der Waals surface area contributed by atoms with Crippen molar-refractivity contribution in [2.24, 2.45) is 0 Å². The second-order valence-electron chi connectivity index (χ2n) is 9.53. The van der Waals surface area contributed by atoms with Crippen molar-refractivity contribution < 1.29 is 14.3 Å². The molecule has 2 aromatic carbocycles. The molecular formula is C27H34O3. The monoisotopic (exact) mass is 406 g/mol. The molecular weight excluding hydrogens is 372 g/mol. The summed E-state index contributed by atoms with van der Waals surface area (Å²) in [6, 6.07) is 10.7. The molecule has 0 atom stereocenters. The molecule has 30 heavy (non-hydrogen) atoms. The van der Waals surface area contributed by atoms with E-state index in [4.69, 9.17) is 9.47 Å². The molecule has 0 aliphatic heterocycles. The largest absolute Gasteiger partial charge is 0.496 e. The molecule has 1 aliphatic rings. The maximum Gasteiger partial charge on any atom is 0.330 e. The van der Waals surface area contributed by atoms with Crippen LogP contribution in [0.2, 0.25) is 0 Å². The first kappa shape index (κ1) is 22.1. The molecule has 160 valence electrons. The third-order valence-corrected chi connectivity index (χ3v) is 6.41. The average Bonchev–Trinajstić information content (AvgIpc) is 2.70. The quantitative estimate of drug-likeness (QED) is 0.415. The van der Waals surface area contributed by atoms with E-state index in [0.717, 1.165) is 16.9 Å². The lowest BCUT2D eigenvalue weighted by Crippen LogP contribution is -2.34. The summed E-state index contributed by atoms with van der Waals surface area (Å²) in [4.78, 5) is 11.7. The Morgan fingerprint density at radius 2 is 1.63 bits per heavy atom. The lowest BCUT2D eigenvalue weighted by molar-refractivity contribution is -0.137. The lowest BCUT2D eigenvalue weighted by Gasteiger charge is -2.42. The number of rotatable bonds is 5. The maximum absolute atomic E-state index is 11.7.